The molecule has 0 amide bonds. The summed E-state index contributed by atoms with van der Waals surface area (Å²) in [6, 6.07) is 0. The second-order valence-electron chi connectivity index (χ2n) is 6.01. The highest BCUT2D eigenvalue weighted by molar-refractivity contribution is 4.97. The Morgan fingerprint density at radius 1 is 1.11 bits per heavy atom. The fourth-order valence-corrected chi connectivity index (χ4v) is 3.75. The Morgan fingerprint density at radius 2 is 1.74 bits per heavy atom. The third-order valence-electron chi connectivity index (χ3n) is 5.09. The first kappa shape index (κ1) is 15.2. The minimum Gasteiger partial charge on any atom is -0.381 e. The normalized spacial score (nSPS) is 34.6. The van der Waals surface area contributed by atoms with E-state index in [0.29, 0.717) is 12.2 Å². The monoisotopic (exact) mass is 270 g/mol. The van der Waals surface area contributed by atoms with Gasteiger partial charge in [0.15, 0.2) is 0 Å². The van der Waals surface area contributed by atoms with Crippen molar-refractivity contribution in [2.75, 3.05) is 33.4 Å². The van der Waals surface area contributed by atoms with Crippen LogP contribution < -0.4 is 5.73 Å². The molecule has 1 aliphatic carbocycles. The molecule has 1 aliphatic heterocycles. The summed E-state index contributed by atoms with van der Waals surface area (Å²) < 4.78 is 11.2. The van der Waals surface area contributed by atoms with E-state index < -0.39 is 0 Å². The first-order valence-corrected chi connectivity index (χ1v) is 7.83. The van der Waals surface area contributed by atoms with E-state index >= 15 is 0 Å². The van der Waals surface area contributed by atoms with E-state index in [1.54, 1.807) is 0 Å². The molecule has 1 saturated carbocycles. The van der Waals surface area contributed by atoms with Crippen LogP contribution in [0.25, 0.3) is 0 Å². The van der Waals surface area contributed by atoms with Crippen molar-refractivity contribution in [1.82, 2.24) is 4.90 Å². The average Bonchev–Trinajstić information content (AvgIpc) is 2.48. The van der Waals surface area contributed by atoms with Crippen LogP contribution in [0.3, 0.4) is 0 Å². The summed E-state index contributed by atoms with van der Waals surface area (Å²) in [5, 5.41) is 0. The largest absolute Gasteiger partial charge is 0.381 e. The van der Waals surface area contributed by atoms with Crippen LogP contribution in [0.15, 0.2) is 0 Å². The van der Waals surface area contributed by atoms with E-state index in [4.69, 9.17) is 15.2 Å². The number of hydrogen-bond acceptors (Lipinski definition) is 4. The quantitative estimate of drug-likeness (QED) is 0.827. The molecule has 0 radical (unpaired) electrons. The predicted octanol–water partition coefficient (Wildman–Crippen LogP) is 1.77. The van der Waals surface area contributed by atoms with Crippen LogP contribution in [0.2, 0.25) is 0 Å². The standard InChI is InChI=1S/C15H30N2O2/c1-3-19-14-6-10-17(11-7-14)15(12-16)8-4-13(18-2)5-9-15/h13-14H,3-12,16H2,1-2H3. The molecular formula is C15H30N2O2. The molecule has 0 unspecified atom stereocenters. The van der Waals surface area contributed by atoms with Crippen LogP contribution >= 0.6 is 0 Å². The molecule has 0 aromatic carbocycles. The number of piperidine rings is 1. The topological polar surface area (TPSA) is 47.7 Å². The maximum atomic E-state index is 6.14. The summed E-state index contributed by atoms with van der Waals surface area (Å²) >= 11 is 0. The summed E-state index contributed by atoms with van der Waals surface area (Å²) in [7, 11) is 1.83. The summed E-state index contributed by atoms with van der Waals surface area (Å²) in [6.07, 6.45) is 7.89. The van der Waals surface area contributed by atoms with E-state index in [9.17, 15) is 0 Å². The average molecular weight is 270 g/mol. The van der Waals surface area contributed by atoms with Crippen molar-refractivity contribution in [3.63, 3.8) is 0 Å². The summed E-state index contributed by atoms with van der Waals surface area (Å²) in [4.78, 5) is 2.63. The lowest BCUT2D eigenvalue weighted by atomic mass is 9.78. The van der Waals surface area contributed by atoms with Crippen LogP contribution in [-0.4, -0.2) is 56.0 Å². The zero-order valence-corrected chi connectivity index (χ0v) is 12.6. The molecule has 19 heavy (non-hydrogen) atoms. The molecule has 0 bridgehead atoms. The lowest BCUT2D eigenvalue weighted by molar-refractivity contribution is -0.0471. The summed E-state index contributed by atoms with van der Waals surface area (Å²) in [5.41, 5.74) is 6.36. The Hall–Kier alpha value is -0.160. The third-order valence-corrected chi connectivity index (χ3v) is 5.09. The Bertz CT molecular complexity index is 257. The van der Waals surface area contributed by atoms with E-state index in [1.807, 2.05) is 7.11 Å². The lowest BCUT2D eigenvalue weighted by Gasteiger charge is -2.49. The Morgan fingerprint density at radius 3 is 2.21 bits per heavy atom. The number of hydrogen-bond donors (Lipinski definition) is 1. The minimum absolute atomic E-state index is 0.228. The fraction of sp³-hybridized carbons (Fsp3) is 1.00. The summed E-state index contributed by atoms with van der Waals surface area (Å²) in [6.45, 7) is 5.98. The van der Waals surface area contributed by atoms with E-state index in [0.717, 1.165) is 51.9 Å². The second kappa shape index (κ2) is 7.02. The highest BCUT2D eigenvalue weighted by Gasteiger charge is 2.40. The first-order chi connectivity index (χ1) is 9.24. The predicted molar refractivity (Wildman–Crippen MR) is 77.3 cm³/mol. The number of rotatable bonds is 5. The highest BCUT2D eigenvalue weighted by atomic mass is 16.5. The number of methoxy groups -OCH3 is 1. The van der Waals surface area contributed by atoms with E-state index in [1.165, 1.54) is 12.8 Å². The van der Waals surface area contributed by atoms with Crippen molar-refractivity contribution in [3.05, 3.63) is 0 Å². The molecule has 2 aliphatic rings. The zero-order chi connectivity index (χ0) is 13.7. The van der Waals surface area contributed by atoms with Gasteiger partial charge in [-0.3, -0.25) is 4.90 Å². The number of likely N-dealkylation sites (tertiary alicyclic amines) is 1. The van der Waals surface area contributed by atoms with Gasteiger partial charge in [0.05, 0.1) is 12.2 Å². The fourth-order valence-electron chi connectivity index (χ4n) is 3.75. The number of nitrogens with two attached hydrogens (primary N) is 1. The van der Waals surface area contributed by atoms with Crippen LogP contribution in [0, 0.1) is 0 Å². The lowest BCUT2D eigenvalue weighted by Crippen LogP contribution is -2.59. The van der Waals surface area contributed by atoms with Gasteiger partial charge < -0.3 is 15.2 Å². The molecule has 1 heterocycles. The molecule has 0 aromatic rings. The van der Waals surface area contributed by atoms with Gasteiger partial charge in [-0.2, -0.15) is 0 Å². The second-order valence-corrected chi connectivity index (χ2v) is 6.01. The molecule has 112 valence electrons. The molecule has 0 atom stereocenters. The molecule has 2 N–H and O–H groups in total. The van der Waals surface area contributed by atoms with Gasteiger partial charge in [-0.1, -0.05) is 0 Å². The molecule has 4 heteroatoms. The Kier molecular flexibility index (Phi) is 5.63. The van der Waals surface area contributed by atoms with Crippen LogP contribution in [0.1, 0.15) is 45.4 Å². The third kappa shape index (κ3) is 3.48. The van der Waals surface area contributed by atoms with Crippen molar-refractivity contribution in [2.24, 2.45) is 5.73 Å². The Balaban J connectivity index is 1.88. The number of ether oxygens (including phenoxy) is 2. The molecule has 2 rings (SSSR count). The van der Waals surface area contributed by atoms with Crippen molar-refractivity contribution in [1.29, 1.82) is 0 Å². The highest BCUT2D eigenvalue weighted by Crippen LogP contribution is 2.36. The van der Waals surface area contributed by atoms with Gasteiger partial charge >= 0.3 is 0 Å². The van der Waals surface area contributed by atoms with E-state index in [2.05, 4.69) is 11.8 Å². The van der Waals surface area contributed by atoms with Crippen molar-refractivity contribution < 1.29 is 9.47 Å². The maximum absolute atomic E-state index is 6.14. The molecule has 0 aromatic heterocycles. The number of nitrogens with zero attached hydrogens (tertiary/aromatic N) is 1. The van der Waals surface area contributed by atoms with Crippen LogP contribution in [0.4, 0.5) is 0 Å². The van der Waals surface area contributed by atoms with Crippen molar-refractivity contribution in [3.8, 4) is 0 Å². The summed E-state index contributed by atoms with van der Waals surface area (Å²) in [5.74, 6) is 0. The van der Waals surface area contributed by atoms with Gasteiger partial charge in [0, 0.05) is 38.9 Å². The van der Waals surface area contributed by atoms with Crippen LogP contribution in [0.5, 0.6) is 0 Å². The molecule has 2 fully saturated rings. The van der Waals surface area contributed by atoms with Gasteiger partial charge in [0.2, 0.25) is 0 Å². The minimum atomic E-state index is 0.228. The maximum Gasteiger partial charge on any atom is 0.0599 e. The van der Waals surface area contributed by atoms with Gasteiger partial charge in [0.25, 0.3) is 0 Å². The van der Waals surface area contributed by atoms with Gasteiger partial charge in [-0.25, -0.2) is 0 Å². The SMILES string of the molecule is CCOC1CCN(C2(CN)CCC(OC)CC2)CC1. The smallest absolute Gasteiger partial charge is 0.0599 e. The van der Waals surface area contributed by atoms with E-state index in [-0.39, 0.29) is 5.54 Å². The van der Waals surface area contributed by atoms with Gasteiger partial charge in [0.1, 0.15) is 0 Å². The first-order valence-electron chi connectivity index (χ1n) is 7.83. The molecule has 1 saturated heterocycles. The Labute approximate surface area is 117 Å². The molecular weight excluding hydrogens is 240 g/mol. The molecule has 0 spiro atoms. The van der Waals surface area contributed by atoms with Gasteiger partial charge in [-0.05, 0) is 45.4 Å². The van der Waals surface area contributed by atoms with Crippen molar-refractivity contribution >= 4 is 0 Å². The van der Waals surface area contributed by atoms with Crippen molar-refractivity contribution in [2.45, 2.75) is 63.2 Å². The molecule has 4 nitrogen and oxygen atoms in total. The van der Waals surface area contributed by atoms with Crippen LogP contribution in [-0.2, 0) is 9.47 Å². The van der Waals surface area contributed by atoms with Gasteiger partial charge in [-0.15, -0.1) is 0 Å². The zero-order valence-electron chi connectivity index (χ0n) is 12.6.